The summed E-state index contributed by atoms with van der Waals surface area (Å²) in [5.74, 6) is -0.857. The van der Waals surface area contributed by atoms with Crippen LogP contribution in [0.1, 0.15) is 5.56 Å². The van der Waals surface area contributed by atoms with Crippen molar-refractivity contribution in [2.24, 2.45) is 0 Å². The van der Waals surface area contributed by atoms with E-state index in [2.05, 4.69) is 10.1 Å². The summed E-state index contributed by atoms with van der Waals surface area (Å²) < 4.78 is 4.44. The monoisotopic (exact) mass is 323 g/mol. The van der Waals surface area contributed by atoms with Crippen molar-refractivity contribution in [3.8, 4) is 0 Å². The van der Waals surface area contributed by atoms with Gasteiger partial charge < -0.3 is 10.1 Å². The van der Waals surface area contributed by atoms with Crippen LogP contribution in [0, 0.1) is 0 Å². The molecule has 0 fully saturated rings. The summed E-state index contributed by atoms with van der Waals surface area (Å²) in [6.07, 6.45) is 0.127. The van der Waals surface area contributed by atoms with E-state index in [-0.39, 0.29) is 18.9 Å². The zero-order valence-electron chi connectivity index (χ0n) is 10.1. The van der Waals surface area contributed by atoms with Crippen molar-refractivity contribution in [3.05, 3.63) is 33.8 Å². The van der Waals surface area contributed by atoms with Crippen LogP contribution in [0.3, 0.4) is 0 Å². The Balaban J connectivity index is 2.47. The van der Waals surface area contributed by atoms with E-state index in [4.69, 9.17) is 34.8 Å². The number of amides is 1. The van der Waals surface area contributed by atoms with Gasteiger partial charge in [0.2, 0.25) is 5.91 Å². The molecule has 0 spiro atoms. The van der Waals surface area contributed by atoms with E-state index < -0.39 is 11.3 Å². The minimum absolute atomic E-state index is 0.00832. The Labute approximate surface area is 126 Å². The Morgan fingerprint density at radius 2 is 2.00 bits per heavy atom. The minimum atomic E-state index is -0.900. The first-order valence-corrected chi connectivity index (χ1v) is 6.55. The van der Waals surface area contributed by atoms with Gasteiger partial charge in [0.25, 0.3) is 0 Å². The number of carbonyl (C=O) groups excluding carboxylic acids is 2. The number of carbonyl (C=O) groups is 2. The van der Waals surface area contributed by atoms with Crippen LogP contribution < -0.4 is 5.32 Å². The van der Waals surface area contributed by atoms with E-state index in [1.807, 2.05) is 0 Å². The lowest BCUT2D eigenvalue weighted by molar-refractivity contribution is -0.140. The van der Waals surface area contributed by atoms with Crippen molar-refractivity contribution in [1.82, 2.24) is 5.32 Å². The smallest absolute Gasteiger partial charge is 0.325 e. The molecule has 0 aromatic heterocycles. The Morgan fingerprint density at radius 3 is 2.58 bits per heavy atom. The van der Waals surface area contributed by atoms with E-state index in [0.29, 0.717) is 10.0 Å². The number of nitrogens with one attached hydrogen (secondary N) is 1. The number of rotatable bonds is 5. The largest absolute Gasteiger partial charge is 0.468 e. The molecule has 0 heterocycles. The van der Waals surface area contributed by atoms with Gasteiger partial charge in [0, 0.05) is 6.54 Å². The molecule has 1 amide bonds. The SMILES string of the molecule is COC(=O)C(Cl)CNC(=O)Cc1ccc(Cl)c(Cl)c1. The molecular formula is C12H12Cl3NO3. The molecule has 0 bridgehead atoms. The minimum Gasteiger partial charge on any atom is -0.468 e. The van der Waals surface area contributed by atoms with Crippen molar-refractivity contribution >= 4 is 46.7 Å². The standard InChI is InChI=1S/C12H12Cl3NO3/c1-19-12(18)10(15)6-16-11(17)5-7-2-3-8(13)9(14)4-7/h2-4,10H,5-6H2,1H3,(H,16,17). The van der Waals surface area contributed by atoms with Crippen LogP contribution in [-0.4, -0.2) is 30.9 Å². The number of halogens is 3. The Morgan fingerprint density at radius 1 is 1.32 bits per heavy atom. The molecule has 0 aliphatic heterocycles. The van der Waals surface area contributed by atoms with E-state index in [0.717, 1.165) is 5.56 Å². The highest BCUT2D eigenvalue weighted by Crippen LogP contribution is 2.22. The van der Waals surface area contributed by atoms with Gasteiger partial charge in [-0.15, -0.1) is 11.6 Å². The highest BCUT2D eigenvalue weighted by Gasteiger charge is 2.16. The summed E-state index contributed by atoms with van der Waals surface area (Å²) in [6.45, 7) is 0.00832. The average molecular weight is 325 g/mol. The topological polar surface area (TPSA) is 55.4 Å². The molecule has 0 saturated heterocycles. The molecular weight excluding hydrogens is 312 g/mol. The predicted octanol–water partition coefficient (Wildman–Crippen LogP) is 2.43. The summed E-state index contributed by atoms with van der Waals surface area (Å²) in [5.41, 5.74) is 0.719. The van der Waals surface area contributed by atoms with Gasteiger partial charge in [0.1, 0.15) is 5.38 Å². The molecule has 4 nitrogen and oxygen atoms in total. The van der Waals surface area contributed by atoms with Crippen molar-refractivity contribution < 1.29 is 14.3 Å². The number of ether oxygens (including phenoxy) is 1. The maximum absolute atomic E-state index is 11.6. The number of hydrogen-bond acceptors (Lipinski definition) is 3. The fraction of sp³-hybridized carbons (Fsp3) is 0.333. The van der Waals surface area contributed by atoms with Gasteiger partial charge in [-0.25, -0.2) is 0 Å². The van der Waals surface area contributed by atoms with Crippen LogP contribution in [0.15, 0.2) is 18.2 Å². The number of hydrogen-bond donors (Lipinski definition) is 1. The van der Waals surface area contributed by atoms with Crippen LogP contribution in [0.4, 0.5) is 0 Å². The zero-order valence-corrected chi connectivity index (χ0v) is 12.4. The lowest BCUT2D eigenvalue weighted by atomic mass is 10.1. The molecule has 0 aliphatic rings. The quantitative estimate of drug-likeness (QED) is 0.668. The summed E-state index contributed by atoms with van der Waals surface area (Å²) >= 11 is 17.3. The van der Waals surface area contributed by atoms with Gasteiger partial charge in [0.15, 0.2) is 0 Å². The molecule has 0 aliphatic carbocycles. The number of benzene rings is 1. The van der Waals surface area contributed by atoms with Crippen LogP contribution in [0.2, 0.25) is 10.0 Å². The van der Waals surface area contributed by atoms with E-state index in [1.165, 1.54) is 7.11 Å². The second-order valence-corrected chi connectivity index (χ2v) is 5.06. The van der Waals surface area contributed by atoms with Crippen molar-refractivity contribution in [2.45, 2.75) is 11.8 Å². The van der Waals surface area contributed by atoms with Gasteiger partial charge in [-0.1, -0.05) is 29.3 Å². The first-order valence-electron chi connectivity index (χ1n) is 5.36. The third-order valence-corrected chi connectivity index (χ3v) is 3.36. The van der Waals surface area contributed by atoms with Crippen molar-refractivity contribution in [1.29, 1.82) is 0 Å². The molecule has 1 aromatic rings. The molecule has 1 aromatic carbocycles. The van der Waals surface area contributed by atoms with E-state index >= 15 is 0 Å². The molecule has 0 saturated carbocycles. The predicted molar refractivity (Wildman–Crippen MR) is 74.8 cm³/mol. The average Bonchev–Trinajstić information content (AvgIpc) is 2.39. The Hall–Kier alpha value is -0.970. The van der Waals surface area contributed by atoms with Crippen LogP contribution in [0.5, 0.6) is 0 Å². The third kappa shape index (κ3) is 5.27. The summed E-state index contributed by atoms with van der Waals surface area (Å²) in [5, 5.41) is 2.45. The van der Waals surface area contributed by atoms with Crippen LogP contribution in [0.25, 0.3) is 0 Å². The number of esters is 1. The molecule has 104 valence electrons. The molecule has 0 radical (unpaired) electrons. The van der Waals surface area contributed by atoms with Crippen LogP contribution >= 0.6 is 34.8 Å². The van der Waals surface area contributed by atoms with Gasteiger partial charge in [0.05, 0.1) is 23.6 Å². The van der Waals surface area contributed by atoms with Gasteiger partial charge in [-0.05, 0) is 17.7 Å². The third-order valence-electron chi connectivity index (χ3n) is 2.28. The van der Waals surface area contributed by atoms with E-state index in [9.17, 15) is 9.59 Å². The number of alkyl halides is 1. The van der Waals surface area contributed by atoms with Crippen molar-refractivity contribution in [2.75, 3.05) is 13.7 Å². The molecule has 1 rings (SSSR count). The highest BCUT2D eigenvalue weighted by molar-refractivity contribution is 6.42. The molecule has 1 atom stereocenters. The second kappa shape index (κ2) is 7.58. The first kappa shape index (κ1) is 16.1. The fourth-order valence-corrected chi connectivity index (χ4v) is 1.80. The Bertz CT molecular complexity index is 479. The van der Waals surface area contributed by atoms with Gasteiger partial charge in [-0.3, -0.25) is 9.59 Å². The fourth-order valence-electron chi connectivity index (χ4n) is 1.31. The van der Waals surface area contributed by atoms with Crippen molar-refractivity contribution in [3.63, 3.8) is 0 Å². The molecule has 1 unspecified atom stereocenters. The normalized spacial score (nSPS) is 11.8. The van der Waals surface area contributed by atoms with Gasteiger partial charge >= 0.3 is 5.97 Å². The summed E-state index contributed by atoms with van der Waals surface area (Å²) in [6, 6.07) is 4.93. The Kier molecular flexibility index (Phi) is 6.42. The second-order valence-electron chi connectivity index (χ2n) is 3.72. The maximum Gasteiger partial charge on any atom is 0.325 e. The molecule has 1 N–H and O–H groups in total. The first-order chi connectivity index (χ1) is 8.93. The summed E-state index contributed by atoms with van der Waals surface area (Å²) in [4.78, 5) is 22.7. The maximum atomic E-state index is 11.6. The van der Waals surface area contributed by atoms with Crippen LogP contribution in [-0.2, 0) is 20.7 Å². The lowest BCUT2D eigenvalue weighted by Crippen LogP contribution is -2.35. The number of methoxy groups -OCH3 is 1. The highest BCUT2D eigenvalue weighted by atomic mass is 35.5. The zero-order chi connectivity index (χ0) is 14.4. The van der Waals surface area contributed by atoms with Gasteiger partial charge in [-0.2, -0.15) is 0 Å². The molecule has 7 heteroatoms. The summed E-state index contributed by atoms with van der Waals surface area (Å²) in [7, 11) is 1.23. The lowest BCUT2D eigenvalue weighted by Gasteiger charge is -2.09. The van der Waals surface area contributed by atoms with E-state index in [1.54, 1.807) is 18.2 Å². The molecule has 19 heavy (non-hydrogen) atoms.